The van der Waals surface area contributed by atoms with E-state index in [2.05, 4.69) is 39.3 Å². The van der Waals surface area contributed by atoms with E-state index in [1.165, 1.54) is 0 Å². The van der Waals surface area contributed by atoms with Crippen molar-refractivity contribution in [3.8, 4) is 0 Å². The zero-order valence-electron chi connectivity index (χ0n) is 15.6. The first-order valence-electron chi connectivity index (χ1n) is 8.51. The van der Waals surface area contributed by atoms with Crippen LogP contribution in [0.15, 0.2) is 30.3 Å². The summed E-state index contributed by atoms with van der Waals surface area (Å²) in [5.74, 6) is 0.574. The first kappa shape index (κ1) is 18.9. The number of benzene rings is 1. The van der Waals surface area contributed by atoms with Crippen LogP contribution in [0.2, 0.25) is 0 Å². The normalized spacial score (nSPS) is 11.0. The van der Waals surface area contributed by atoms with Gasteiger partial charge < -0.3 is 15.5 Å². The second-order valence-corrected chi connectivity index (χ2v) is 6.64. The number of nitrogens with zero attached hydrogens (tertiary/aromatic N) is 3. The largest absolute Gasteiger partial charge is 0.353 e. The highest BCUT2D eigenvalue weighted by Crippen LogP contribution is 2.24. The van der Waals surface area contributed by atoms with Gasteiger partial charge in [-0.1, -0.05) is 32.0 Å². The van der Waals surface area contributed by atoms with Crippen molar-refractivity contribution in [2.75, 3.05) is 37.8 Å². The van der Waals surface area contributed by atoms with Crippen LogP contribution in [-0.4, -0.2) is 48.0 Å². The van der Waals surface area contributed by atoms with Gasteiger partial charge in [0.05, 0.1) is 0 Å². The van der Waals surface area contributed by atoms with E-state index >= 15 is 0 Å². The Morgan fingerprint density at radius 3 is 2.60 bits per heavy atom. The fourth-order valence-corrected chi connectivity index (χ4v) is 2.46. The molecular formula is C19H27N5O. The predicted octanol–water partition coefficient (Wildman–Crippen LogP) is 3.13. The number of aryl methyl sites for hydroxylation is 1. The summed E-state index contributed by atoms with van der Waals surface area (Å²) >= 11 is 0. The molecule has 0 aliphatic heterocycles. The van der Waals surface area contributed by atoms with Crippen LogP contribution in [0.4, 0.5) is 11.6 Å². The minimum Gasteiger partial charge on any atom is -0.353 e. The summed E-state index contributed by atoms with van der Waals surface area (Å²) < 4.78 is 0. The number of hydrogen-bond acceptors (Lipinski definition) is 5. The van der Waals surface area contributed by atoms with Crippen LogP contribution >= 0.6 is 0 Å². The van der Waals surface area contributed by atoms with E-state index in [1.807, 2.05) is 45.3 Å². The van der Waals surface area contributed by atoms with Gasteiger partial charge >= 0.3 is 0 Å². The molecule has 134 valence electrons. The number of hydrogen-bond donors (Lipinski definition) is 2. The number of amides is 1. The summed E-state index contributed by atoms with van der Waals surface area (Å²) in [5.41, 5.74) is 3.04. The third kappa shape index (κ3) is 5.53. The van der Waals surface area contributed by atoms with Gasteiger partial charge in [-0.15, -0.1) is 0 Å². The van der Waals surface area contributed by atoms with Gasteiger partial charge in [0.25, 0.3) is 5.91 Å². The quantitative estimate of drug-likeness (QED) is 0.810. The average molecular weight is 341 g/mol. The molecule has 0 spiro atoms. The van der Waals surface area contributed by atoms with Crippen molar-refractivity contribution in [3.05, 3.63) is 47.3 Å². The number of para-hydroxylation sites is 1. The third-order valence-electron chi connectivity index (χ3n) is 3.76. The number of aromatic nitrogens is 2. The molecule has 1 aromatic carbocycles. The summed E-state index contributed by atoms with van der Waals surface area (Å²) in [6, 6.07) is 9.54. The smallest absolute Gasteiger partial charge is 0.274 e. The Bertz CT molecular complexity index is 728. The highest BCUT2D eigenvalue weighted by atomic mass is 16.1. The maximum atomic E-state index is 12.6. The first-order chi connectivity index (χ1) is 11.9. The molecule has 2 rings (SSSR count). The SMILES string of the molecule is Cc1cc(C(=O)Nc2ccccc2C(C)C)nc(NCCN(C)C)n1. The minimum absolute atomic E-state index is 0.228. The molecule has 1 aromatic heterocycles. The van der Waals surface area contributed by atoms with E-state index in [0.29, 0.717) is 24.1 Å². The van der Waals surface area contributed by atoms with Gasteiger partial charge in [0.15, 0.2) is 0 Å². The molecule has 0 saturated heterocycles. The van der Waals surface area contributed by atoms with Crippen LogP contribution in [0, 0.1) is 6.92 Å². The number of rotatable bonds is 7. The first-order valence-corrected chi connectivity index (χ1v) is 8.51. The van der Waals surface area contributed by atoms with Gasteiger partial charge in [-0.25, -0.2) is 9.97 Å². The van der Waals surface area contributed by atoms with Crippen LogP contribution in [0.1, 0.15) is 41.5 Å². The zero-order chi connectivity index (χ0) is 18.4. The lowest BCUT2D eigenvalue weighted by Gasteiger charge is -2.14. The standard InChI is InChI=1S/C19H27N5O/c1-13(2)15-8-6-7-9-16(15)22-18(25)17-12-14(3)21-19(23-17)20-10-11-24(4)5/h6-9,12-13H,10-11H2,1-5H3,(H,22,25)(H,20,21,23). The number of carbonyl (C=O) groups is 1. The number of nitrogens with one attached hydrogen (secondary N) is 2. The van der Waals surface area contributed by atoms with Crippen molar-refractivity contribution in [2.24, 2.45) is 0 Å². The van der Waals surface area contributed by atoms with Gasteiger partial charge in [-0.2, -0.15) is 0 Å². The second kappa shape index (κ2) is 8.58. The summed E-state index contributed by atoms with van der Waals surface area (Å²) in [6.07, 6.45) is 0. The summed E-state index contributed by atoms with van der Waals surface area (Å²) in [6.45, 7) is 7.64. The highest BCUT2D eigenvalue weighted by molar-refractivity contribution is 6.03. The topological polar surface area (TPSA) is 70.2 Å². The molecule has 0 saturated carbocycles. The Morgan fingerprint density at radius 2 is 1.92 bits per heavy atom. The Labute approximate surface area is 149 Å². The van der Waals surface area contributed by atoms with Crippen LogP contribution in [0.25, 0.3) is 0 Å². The molecule has 1 heterocycles. The third-order valence-corrected chi connectivity index (χ3v) is 3.76. The van der Waals surface area contributed by atoms with E-state index in [-0.39, 0.29) is 5.91 Å². The molecule has 2 aromatic rings. The van der Waals surface area contributed by atoms with E-state index in [9.17, 15) is 4.79 Å². The highest BCUT2D eigenvalue weighted by Gasteiger charge is 2.14. The molecule has 2 N–H and O–H groups in total. The Balaban J connectivity index is 2.15. The van der Waals surface area contributed by atoms with Crippen molar-refractivity contribution in [3.63, 3.8) is 0 Å². The molecule has 0 unspecified atom stereocenters. The van der Waals surface area contributed by atoms with E-state index in [4.69, 9.17) is 0 Å². The number of anilines is 2. The van der Waals surface area contributed by atoms with Crippen molar-refractivity contribution >= 4 is 17.5 Å². The van der Waals surface area contributed by atoms with E-state index < -0.39 is 0 Å². The summed E-state index contributed by atoms with van der Waals surface area (Å²) in [7, 11) is 4.01. The average Bonchev–Trinajstić information content (AvgIpc) is 2.54. The molecule has 1 amide bonds. The molecule has 0 atom stereocenters. The molecule has 0 aliphatic rings. The van der Waals surface area contributed by atoms with Crippen molar-refractivity contribution in [2.45, 2.75) is 26.7 Å². The fraction of sp³-hybridized carbons (Fsp3) is 0.421. The van der Waals surface area contributed by atoms with Crippen molar-refractivity contribution in [1.29, 1.82) is 0 Å². The lowest BCUT2D eigenvalue weighted by molar-refractivity contribution is 0.102. The molecular weight excluding hydrogens is 314 g/mol. The Morgan fingerprint density at radius 1 is 1.20 bits per heavy atom. The molecule has 0 bridgehead atoms. The van der Waals surface area contributed by atoms with Crippen molar-refractivity contribution < 1.29 is 4.79 Å². The van der Waals surface area contributed by atoms with E-state index in [1.54, 1.807) is 6.07 Å². The minimum atomic E-state index is -0.228. The van der Waals surface area contributed by atoms with Gasteiger partial charge in [0.1, 0.15) is 5.69 Å². The predicted molar refractivity (Wildman–Crippen MR) is 102 cm³/mol. The van der Waals surface area contributed by atoms with E-state index in [0.717, 1.165) is 23.5 Å². The molecule has 0 fully saturated rings. The Kier molecular flexibility index (Phi) is 6.47. The van der Waals surface area contributed by atoms with Crippen LogP contribution in [0.5, 0.6) is 0 Å². The lowest BCUT2D eigenvalue weighted by Crippen LogP contribution is -2.22. The van der Waals surface area contributed by atoms with Gasteiger partial charge in [-0.05, 0) is 44.6 Å². The summed E-state index contributed by atoms with van der Waals surface area (Å²) in [5, 5.41) is 6.13. The molecule has 25 heavy (non-hydrogen) atoms. The van der Waals surface area contributed by atoms with Crippen molar-refractivity contribution in [1.82, 2.24) is 14.9 Å². The van der Waals surface area contributed by atoms with Crippen LogP contribution < -0.4 is 10.6 Å². The van der Waals surface area contributed by atoms with Gasteiger partial charge in [0.2, 0.25) is 5.95 Å². The van der Waals surface area contributed by atoms with Crippen LogP contribution in [-0.2, 0) is 0 Å². The molecule has 6 nitrogen and oxygen atoms in total. The lowest BCUT2D eigenvalue weighted by atomic mass is 10.0. The molecule has 0 aliphatic carbocycles. The molecule has 6 heteroatoms. The van der Waals surface area contributed by atoms with Crippen LogP contribution in [0.3, 0.4) is 0 Å². The maximum absolute atomic E-state index is 12.6. The zero-order valence-corrected chi connectivity index (χ0v) is 15.6. The maximum Gasteiger partial charge on any atom is 0.274 e. The summed E-state index contributed by atoms with van der Waals surface area (Å²) in [4.78, 5) is 23.4. The number of likely N-dealkylation sites (N-methyl/N-ethyl adjacent to an activating group) is 1. The second-order valence-electron chi connectivity index (χ2n) is 6.64. The Hall–Kier alpha value is -2.47. The molecule has 0 radical (unpaired) electrons. The monoisotopic (exact) mass is 341 g/mol. The fourth-order valence-electron chi connectivity index (χ4n) is 2.46. The van der Waals surface area contributed by atoms with Gasteiger partial charge in [-0.3, -0.25) is 4.79 Å². The van der Waals surface area contributed by atoms with Gasteiger partial charge in [0, 0.05) is 24.5 Å². The number of carbonyl (C=O) groups excluding carboxylic acids is 1.